The molecule has 0 atom stereocenters. The van der Waals surface area contributed by atoms with Crippen molar-refractivity contribution in [1.29, 1.82) is 0 Å². The second kappa shape index (κ2) is 4.00. The smallest absolute Gasteiger partial charge is 0.352 e. The number of carboxylic acid groups (broad SMARTS) is 1. The van der Waals surface area contributed by atoms with E-state index < -0.39 is 5.97 Å². The molecular formula is C12H11NO2. The number of hydrogen-bond donors (Lipinski definition) is 2. The molecule has 1 aromatic heterocycles. The van der Waals surface area contributed by atoms with E-state index >= 15 is 0 Å². The van der Waals surface area contributed by atoms with E-state index in [9.17, 15) is 4.79 Å². The van der Waals surface area contributed by atoms with Crippen molar-refractivity contribution in [3.63, 3.8) is 0 Å². The van der Waals surface area contributed by atoms with Crippen LogP contribution in [0.25, 0.3) is 0 Å². The predicted molar refractivity (Wildman–Crippen MR) is 57.0 cm³/mol. The Bertz CT molecular complexity index is 459. The highest BCUT2D eigenvalue weighted by Crippen LogP contribution is 2.10. The van der Waals surface area contributed by atoms with Crippen molar-refractivity contribution in [2.45, 2.75) is 6.42 Å². The van der Waals surface area contributed by atoms with Crippen molar-refractivity contribution in [2.75, 3.05) is 0 Å². The Morgan fingerprint density at radius 1 is 1.20 bits per heavy atom. The predicted octanol–water partition coefficient (Wildman–Crippen LogP) is 2.30. The Hall–Kier alpha value is -2.03. The maximum Gasteiger partial charge on any atom is 0.352 e. The molecule has 0 bridgehead atoms. The van der Waals surface area contributed by atoms with E-state index in [4.69, 9.17) is 5.11 Å². The maximum atomic E-state index is 10.6. The number of rotatable bonds is 3. The summed E-state index contributed by atoms with van der Waals surface area (Å²) >= 11 is 0. The third kappa shape index (κ3) is 2.26. The average Bonchev–Trinajstić information content (AvgIpc) is 2.68. The van der Waals surface area contributed by atoms with E-state index in [0.717, 1.165) is 12.0 Å². The summed E-state index contributed by atoms with van der Waals surface area (Å²) in [5, 5.41) is 8.73. The summed E-state index contributed by atoms with van der Waals surface area (Å²) in [6.45, 7) is 0. The first kappa shape index (κ1) is 9.52. The highest BCUT2D eigenvalue weighted by molar-refractivity contribution is 5.85. The van der Waals surface area contributed by atoms with Crippen molar-refractivity contribution in [3.8, 4) is 0 Å². The van der Waals surface area contributed by atoms with Crippen LogP contribution in [0.1, 0.15) is 21.6 Å². The van der Waals surface area contributed by atoms with Crippen molar-refractivity contribution in [1.82, 2.24) is 4.98 Å². The Kier molecular flexibility index (Phi) is 2.54. The van der Waals surface area contributed by atoms with Crippen LogP contribution >= 0.6 is 0 Å². The second-order valence-corrected chi connectivity index (χ2v) is 3.39. The lowest BCUT2D eigenvalue weighted by Crippen LogP contribution is -1.94. The van der Waals surface area contributed by atoms with Crippen molar-refractivity contribution < 1.29 is 9.90 Å². The molecule has 15 heavy (non-hydrogen) atoms. The van der Waals surface area contributed by atoms with E-state index in [1.165, 1.54) is 5.56 Å². The van der Waals surface area contributed by atoms with Gasteiger partial charge in [-0.15, -0.1) is 0 Å². The van der Waals surface area contributed by atoms with Crippen LogP contribution in [0.4, 0.5) is 0 Å². The fourth-order valence-corrected chi connectivity index (χ4v) is 1.50. The Labute approximate surface area is 87.4 Å². The number of aromatic amines is 1. The maximum absolute atomic E-state index is 10.6. The molecule has 0 saturated heterocycles. The summed E-state index contributed by atoms with van der Waals surface area (Å²) < 4.78 is 0. The number of hydrogen-bond acceptors (Lipinski definition) is 1. The number of carboxylic acids is 1. The van der Waals surface area contributed by atoms with Crippen LogP contribution in [0.3, 0.4) is 0 Å². The zero-order valence-electron chi connectivity index (χ0n) is 8.10. The van der Waals surface area contributed by atoms with Gasteiger partial charge in [-0.2, -0.15) is 0 Å². The first-order chi connectivity index (χ1) is 7.25. The van der Waals surface area contributed by atoms with Gasteiger partial charge in [-0.3, -0.25) is 0 Å². The van der Waals surface area contributed by atoms with Gasteiger partial charge in [0, 0.05) is 6.20 Å². The minimum atomic E-state index is -0.922. The minimum Gasteiger partial charge on any atom is -0.477 e. The molecule has 1 aromatic carbocycles. The van der Waals surface area contributed by atoms with Gasteiger partial charge in [0.25, 0.3) is 0 Å². The van der Waals surface area contributed by atoms with Gasteiger partial charge in [0.05, 0.1) is 0 Å². The quantitative estimate of drug-likeness (QED) is 0.800. The molecule has 0 aliphatic heterocycles. The number of nitrogens with one attached hydrogen (secondary N) is 1. The summed E-state index contributed by atoms with van der Waals surface area (Å²) in [5.41, 5.74) is 2.40. The SMILES string of the molecule is O=C(O)c1cc(Cc2ccccc2)c[nH]1. The van der Waals surface area contributed by atoms with E-state index in [1.54, 1.807) is 12.3 Å². The average molecular weight is 201 g/mol. The zero-order chi connectivity index (χ0) is 10.7. The van der Waals surface area contributed by atoms with Crippen LogP contribution < -0.4 is 0 Å². The molecule has 1 heterocycles. The van der Waals surface area contributed by atoms with Crippen LogP contribution in [0.5, 0.6) is 0 Å². The van der Waals surface area contributed by atoms with Crippen LogP contribution in [-0.2, 0) is 6.42 Å². The van der Waals surface area contributed by atoms with Crippen LogP contribution in [-0.4, -0.2) is 16.1 Å². The molecule has 0 unspecified atom stereocenters. The summed E-state index contributed by atoms with van der Waals surface area (Å²) in [5.74, 6) is -0.922. The molecule has 76 valence electrons. The molecule has 0 aliphatic rings. The molecular weight excluding hydrogens is 190 g/mol. The fraction of sp³-hybridized carbons (Fsp3) is 0.0833. The van der Waals surface area contributed by atoms with Gasteiger partial charge < -0.3 is 10.1 Å². The Morgan fingerprint density at radius 3 is 2.53 bits per heavy atom. The normalized spacial score (nSPS) is 10.1. The molecule has 0 aliphatic carbocycles. The third-order valence-electron chi connectivity index (χ3n) is 2.22. The number of benzene rings is 1. The molecule has 0 fully saturated rings. The van der Waals surface area contributed by atoms with Gasteiger partial charge in [0.2, 0.25) is 0 Å². The minimum absolute atomic E-state index is 0.237. The molecule has 0 amide bonds. The molecule has 2 N–H and O–H groups in total. The highest BCUT2D eigenvalue weighted by Gasteiger charge is 2.05. The number of aromatic carboxylic acids is 1. The lowest BCUT2D eigenvalue weighted by molar-refractivity contribution is 0.0691. The summed E-state index contributed by atoms with van der Waals surface area (Å²) in [4.78, 5) is 13.4. The second-order valence-electron chi connectivity index (χ2n) is 3.39. The lowest BCUT2D eigenvalue weighted by atomic mass is 10.1. The zero-order valence-corrected chi connectivity index (χ0v) is 8.10. The van der Waals surface area contributed by atoms with Gasteiger partial charge in [-0.05, 0) is 23.6 Å². The van der Waals surface area contributed by atoms with Crippen molar-refractivity contribution in [3.05, 3.63) is 59.4 Å². The first-order valence-electron chi connectivity index (χ1n) is 4.70. The largest absolute Gasteiger partial charge is 0.477 e. The van der Waals surface area contributed by atoms with Crippen LogP contribution in [0.2, 0.25) is 0 Å². The van der Waals surface area contributed by atoms with Gasteiger partial charge >= 0.3 is 5.97 Å². The van der Waals surface area contributed by atoms with Gasteiger partial charge in [-0.1, -0.05) is 30.3 Å². The van der Waals surface area contributed by atoms with Crippen LogP contribution in [0, 0.1) is 0 Å². The molecule has 0 radical (unpaired) electrons. The fourth-order valence-electron chi connectivity index (χ4n) is 1.50. The molecule has 0 saturated carbocycles. The third-order valence-corrected chi connectivity index (χ3v) is 2.22. The Morgan fingerprint density at radius 2 is 1.93 bits per heavy atom. The highest BCUT2D eigenvalue weighted by atomic mass is 16.4. The lowest BCUT2D eigenvalue weighted by Gasteiger charge is -1.96. The topological polar surface area (TPSA) is 53.1 Å². The molecule has 3 heteroatoms. The molecule has 0 spiro atoms. The van der Waals surface area contributed by atoms with Crippen molar-refractivity contribution in [2.24, 2.45) is 0 Å². The monoisotopic (exact) mass is 201 g/mol. The van der Waals surface area contributed by atoms with E-state index in [2.05, 4.69) is 4.98 Å². The first-order valence-corrected chi connectivity index (χ1v) is 4.70. The molecule has 3 nitrogen and oxygen atoms in total. The number of carbonyl (C=O) groups is 1. The van der Waals surface area contributed by atoms with Gasteiger partial charge in [0.15, 0.2) is 0 Å². The summed E-state index contributed by atoms with van der Waals surface area (Å²) in [6.07, 6.45) is 2.49. The number of H-pyrrole nitrogens is 1. The van der Waals surface area contributed by atoms with Gasteiger partial charge in [-0.25, -0.2) is 4.79 Å². The standard InChI is InChI=1S/C12H11NO2/c14-12(15)11-7-10(8-13-11)6-9-4-2-1-3-5-9/h1-5,7-8,13H,6H2,(H,14,15). The van der Waals surface area contributed by atoms with Crippen molar-refractivity contribution >= 4 is 5.97 Å². The van der Waals surface area contributed by atoms with E-state index in [0.29, 0.717) is 0 Å². The summed E-state index contributed by atoms with van der Waals surface area (Å²) in [7, 11) is 0. The van der Waals surface area contributed by atoms with E-state index in [1.807, 2.05) is 30.3 Å². The van der Waals surface area contributed by atoms with E-state index in [-0.39, 0.29) is 5.69 Å². The van der Waals surface area contributed by atoms with Crippen LogP contribution in [0.15, 0.2) is 42.6 Å². The molecule has 2 aromatic rings. The number of aromatic nitrogens is 1. The molecule has 2 rings (SSSR count). The van der Waals surface area contributed by atoms with Gasteiger partial charge in [0.1, 0.15) is 5.69 Å². The Balaban J connectivity index is 2.15. The summed E-state index contributed by atoms with van der Waals surface area (Å²) in [6, 6.07) is 11.6.